The topological polar surface area (TPSA) is 77.3 Å². The van der Waals surface area contributed by atoms with Gasteiger partial charge in [0.15, 0.2) is 5.16 Å². The molecule has 1 aliphatic rings. The number of ether oxygens (including phenoxy) is 1. The van der Waals surface area contributed by atoms with Gasteiger partial charge < -0.3 is 9.64 Å². The SMILES string of the molecule is COc1ccc(CN(C(=O)CSc2nc3ccccc3c(=O)n2Cc2cccnc2)C2CC2)cc1. The monoisotopic (exact) mass is 486 g/mol. The second-order valence-corrected chi connectivity index (χ2v) is 9.50. The number of benzene rings is 2. The third kappa shape index (κ3) is 5.38. The van der Waals surface area contributed by atoms with Crippen molar-refractivity contribution in [2.24, 2.45) is 0 Å². The Kier molecular flexibility index (Phi) is 6.81. The van der Waals surface area contributed by atoms with E-state index in [9.17, 15) is 9.59 Å². The number of hydrogen-bond acceptors (Lipinski definition) is 6. The van der Waals surface area contributed by atoms with E-state index in [2.05, 4.69) is 4.98 Å². The fraction of sp³-hybridized carbons (Fsp3) is 0.259. The summed E-state index contributed by atoms with van der Waals surface area (Å²) in [6.07, 6.45) is 5.48. The van der Waals surface area contributed by atoms with Gasteiger partial charge in [-0.2, -0.15) is 0 Å². The van der Waals surface area contributed by atoms with E-state index in [-0.39, 0.29) is 23.3 Å². The molecule has 2 aromatic heterocycles. The molecular weight excluding hydrogens is 460 g/mol. The Hall–Kier alpha value is -3.65. The smallest absolute Gasteiger partial charge is 0.262 e. The van der Waals surface area contributed by atoms with Crippen LogP contribution in [0.15, 0.2) is 83.0 Å². The largest absolute Gasteiger partial charge is 0.497 e. The molecule has 0 bridgehead atoms. The summed E-state index contributed by atoms with van der Waals surface area (Å²) >= 11 is 1.31. The molecular formula is C27H26N4O3S. The Morgan fingerprint density at radius 3 is 2.60 bits per heavy atom. The number of hydrogen-bond donors (Lipinski definition) is 0. The van der Waals surface area contributed by atoms with Gasteiger partial charge in [0.1, 0.15) is 5.75 Å². The summed E-state index contributed by atoms with van der Waals surface area (Å²) in [6, 6.07) is 19.2. The fourth-order valence-electron chi connectivity index (χ4n) is 4.02. The van der Waals surface area contributed by atoms with Crippen molar-refractivity contribution >= 4 is 28.6 Å². The molecule has 1 aliphatic carbocycles. The first-order valence-corrected chi connectivity index (χ1v) is 12.5. The van der Waals surface area contributed by atoms with Gasteiger partial charge in [0.25, 0.3) is 5.56 Å². The summed E-state index contributed by atoms with van der Waals surface area (Å²) in [5.41, 5.74) is 2.48. The minimum atomic E-state index is -0.119. The van der Waals surface area contributed by atoms with E-state index >= 15 is 0 Å². The summed E-state index contributed by atoms with van der Waals surface area (Å²) in [7, 11) is 1.64. The van der Waals surface area contributed by atoms with Crippen molar-refractivity contribution in [2.45, 2.75) is 37.1 Å². The fourth-order valence-corrected chi connectivity index (χ4v) is 4.90. The molecule has 0 radical (unpaired) electrons. The van der Waals surface area contributed by atoms with Gasteiger partial charge in [0.05, 0.1) is 30.3 Å². The summed E-state index contributed by atoms with van der Waals surface area (Å²) in [6.45, 7) is 0.904. The number of fused-ring (bicyclic) bond motifs is 1. The maximum absolute atomic E-state index is 13.3. The number of amides is 1. The predicted octanol–water partition coefficient (Wildman–Crippen LogP) is 4.13. The molecule has 0 saturated heterocycles. The standard InChI is InChI=1S/C27H26N4O3S/c1-34-22-12-8-19(9-13-22)16-30(21-10-11-21)25(32)18-35-27-29-24-7-3-2-6-23(24)26(33)31(27)17-20-5-4-14-28-15-20/h2-9,12-15,21H,10-11,16-18H2,1H3. The Morgan fingerprint density at radius 1 is 1.09 bits per heavy atom. The molecule has 2 heterocycles. The second kappa shape index (κ2) is 10.3. The van der Waals surface area contributed by atoms with Crippen LogP contribution in [0.4, 0.5) is 0 Å². The molecule has 0 spiro atoms. The number of carbonyl (C=O) groups excluding carboxylic acids is 1. The third-order valence-corrected chi connectivity index (χ3v) is 7.00. The summed E-state index contributed by atoms with van der Waals surface area (Å²) in [4.78, 5) is 37.5. The van der Waals surface area contributed by atoms with E-state index in [4.69, 9.17) is 9.72 Å². The van der Waals surface area contributed by atoms with Crippen LogP contribution >= 0.6 is 11.8 Å². The molecule has 7 nitrogen and oxygen atoms in total. The number of nitrogens with zero attached hydrogens (tertiary/aromatic N) is 4. The maximum atomic E-state index is 13.3. The molecule has 4 aromatic rings. The highest BCUT2D eigenvalue weighted by Crippen LogP contribution is 2.30. The van der Waals surface area contributed by atoms with E-state index in [1.165, 1.54) is 11.8 Å². The van der Waals surface area contributed by atoms with Gasteiger partial charge in [-0.3, -0.25) is 19.1 Å². The lowest BCUT2D eigenvalue weighted by molar-refractivity contribution is -0.129. The predicted molar refractivity (Wildman–Crippen MR) is 137 cm³/mol. The molecule has 1 fully saturated rings. The van der Waals surface area contributed by atoms with Crippen LogP contribution in [0.5, 0.6) is 5.75 Å². The highest BCUT2D eigenvalue weighted by molar-refractivity contribution is 7.99. The number of para-hydroxylation sites is 1. The minimum absolute atomic E-state index is 0.0450. The van der Waals surface area contributed by atoms with E-state index in [0.717, 1.165) is 29.7 Å². The normalized spacial score (nSPS) is 13.1. The van der Waals surface area contributed by atoms with Gasteiger partial charge >= 0.3 is 0 Å². The van der Waals surface area contributed by atoms with Crippen LogP contribution in [-0.4, -0.2) is 44.2 Å². The van der Waals surface area contributed by atoms with Crippen molar-refractivity contribution in [1.82, 2.24) is 19.4 Å². The lowest BCUT2D eigenvalue weighted by Gasteiger charge is -2.23. The van der Waals surface area contributed by atoms with Crippen LogP contribution in [0.25, 0.3) is 10.9 Å². The van der Waals surface area contributed by atoms with Gasteiger partial charge in [-0.1, -0.05) is 42.1 Å². The van der Waals surface area contributed by atoms with Gasteiger partial charge in [-0.05, 0) is 54.3 Å². The minimum Gasteiger partial charge on any atom is -0.497 e. The van der Waals surface area contributed by atoms with Gasteiger partial charge in [0, 0.05) is 25.0 Å². The number of thioether (sulfide) groups is 1. The van der Waals surface area contributed by atoms with E-state index in [0.29, 0.717) is 29.1 Å². The van der Waals surface area contributed by atoms with E-state index in [1.54, 1.807) is 30.1 Å². The molecule has 178 valence electrons. The molecule has 0 unspecified atom stereocenters. The van der Waals surface area contributed by atoms with Crippen LogP contribution in [0, 0.1) is 0 Å². The first-order valence-electron chi connectivity index (χ1n) is 11.6. The second-order valence-electron chi connectivity index (χ2n) is 8.55. The molecule has 1 amide bonds. The quantitative estimate of drug-likeness (QED) is 0.262. The van der Waals surface area contributed by atoms with Crippen LogP contribution in [0.3, 0.4) is 0 Å². The van der Waals surface area contributed by atoms with Crippen LogP contribution < -0.4 is 10.3 Å². The molecule has 2 aromatic carbocycles. The summed E-state index contributed by atoms with van der Waals surface area (Å²) in [5, 5.41) is 1.09. The van der Waals surface area contributed by atoms with E-state index < -0.39 is 0 Å². The Morgan fingerprint density at radius 2 is 1.89 bits per heavy atom. The number of carbonyl (C=O) groups is 1. The first kappa shape index (κ1) is 23.1. The van der Waals surface area contributed by atoms with Gasteiger partial charge in [-0.25, -0.2) is 4.98 Å². The molecule has 0 N–H and O–H groups in total. The highest BCUT2D eigenvalue weighted by Gasteiger charge is 2.32. The lowest BCUT2D eigenvalue weighted by Crippen LogP contribution is -2.34. The number of methoxy groups -OCH3 is 1. The van der Waals surface area contributed by atoms with Crippen molar-refractivity contribution in [2.75, 3.05) is 12.9 Å². The molecule has 35 heavy (non-hydrogen) atoms. The zero-order chi connectivity index (χ0) is 24.2. The van der Waals surface area contributed by atoms with Crippen molar-refractivity contribution in [3.63, 3.8) is 0 Å². The van der Waals surface area contributed by atoms with Crippen molar-refractivity contribution < 1.29 is 9.53 Å². The van der Waals surface area contributed by atoms with Crippen molar-refractivity contribution in [3.05, 3.63) is 94.5 Å². The Labute approximate surface area is 207 Å². The molecule has 0 aliphatic heterocycles. The molecule has 8 heteroatoms. The molecule has 1 saturated carbocycles. The number of aromatic nitrogens is 3. The van der Waals surface area contributed by atoms with Gasteiger partial charge in [0.2, 0.25) is 5.91 Å². The van der Waals surface area contributed by atoms with Crippen LogP contribution in [0.2, 0.25) is 0 Å². The van der Waals surface area contributed by atoms with E-state index in [1.807, 2.05) is 59.5 Å². The zero-order valence-corrected chi connectivity index (χ0v) is 20.3. The van der Waals surface area contributed by atoms with Crippen LogP contribution in [-0.2, 0) is 17.9 Å². The van der Waals surface area contributed by atoms with Crippen molar-refractivity contribution in [1.29, 1.82) is 0 Å². The molecule has 5 rings (SSSR count). The Balaban J connectivity index is 1.38. The Bertz CT molecular complexity index is 1390. The first-order chi connectivity index (χ1) is 17.1. The van der Waals surface area contributed by atoms with Crippen LogP contribution in [0.1, 0.15) is 24.0 Å². The molecule has 0 atom stereocenters. The highest BCUT2D eigenvalue weighted by atomic mass is 32.2. The lowest BCUT2D eigenvalue weighted by atomic mass is 10.2. The van der Waals surface area contributed by atoms with Gasteiger partial charge in [-0.15, -0.1) is 0 Å². The number of rotatable bonds is 9. The van der Waals surface area contributed by atoms with Crippen molar-refractivity contribution in [3.8, 4) is 5.75 Å². The number of pyridine rings is 1. The summed E-state index contributed by atoms with van der Waals surface area (Å²) < 4.78 is 6.88. The maximum Gasteiger partial charge on any atom is 0.262 e. The third-order valence-electron chi connectivity index (χ3n) is 6.03. The zero-order valence-electron chi connectivity index (χ0n) is 19.5. The average molecular weight is 487 g/mol. The average Bonchev–Trinajstić information content (AvgIpc) is 3.74. The summed E-state index contributed by atoms with van der Waals surface area (Å²) in [5.74, 6) is 1.05.